The minimum atomic E-state index is -0.456. The summed E-state index contributed by atoms with van der Waals surface area (Å²) in [7, 11) is 0. The Kier molecular flexibility index (Phi) is 7.71. The summed E-state index contributed by atoms with van der Waals surface area (Å²) in [5, 5.41) is 6.32. The van der Waals surface area contributed by atoms with Crippen LogP contribution in [-0.4, -0.2) is 26.4 Å². The summed E-state index contributed by atoms with van der Waals surface area (Å²) < 4.78 is 29.3. The summed E-state index contributed by atoms with van der Waals surface area (Å²) >= 11 is 12.6. The average Bonchev–Trinajstić information content (AvgIpc) is 3.26. The zero-order valence-corrected chi connectivity index (χ0v) is 21.7. The molecule has 4 aromatic rings. The van der Waals surface area contributed by atoms with Crippen molar-refractivity contribution in [2.75, 3.05) is 6.61 Å². The quantitative estimate of drug-likeness (QED) is 0.273. The van der Waals surface area contributed by atoms with Gasteiger partial charge in [-0.2, -0.15) is 5.10 Å². The summed E-state index contributed by atoms with van der Waals surface area (Å²) in [6.07, 6.45) is 8.16. The number of pyridine rings is 2. The van der Waals surface area contributed by atoms with Gasteiger partial charge in [-0.15, -0.1) is 0 Å². The van der Waals surface area contributed by atoms with Crippen molar-refractivity contribution in [1.82, 2.24) is 19.7 Å². The molecule has 0 aliphatic carbocycles. The summed E-state index contributed by atoms with van der Waals surface area (Å²) in [5.74, 6) is 0.110. The van der Waals surface area contributed by atoms with E-state index in [2.05, 4.69) is 9.97 Å². The van der Waals surface area contributed by atoms with Crippen molar-refractivity contribution in [2.45, 2.75) is 45.1 Å². The molecule has 2 atom stereocenters. The van der Waals surface area contributed by atoms with Gasteiger partial charge in [0.05, 0.1) is 26.9 Å². The molecule has 5 rings (SSSR count). The molecule has 1 saturated heterocycles. The molecule has 1 unspecified atom stereocenters. The van der Waals surface area contributed by atoms with E-state index in [4.69, 9.17) is 43.5 Å². The van der Waals surface area contributed by atoms with E-state index in [-0.39, 0.29) is 6.23 Å². The summed E-state index contributed by atoms with van der Waals surface area (Å²) in [4.78, 5) is 8.19. The molecule has 0 bridgehead atoms. The van der Waals surface area contributed by atoms with Crippen LogP contribution in [0.5, 0.6) is 5.75 Å². The lowest BCUT2D eigenvalue weighted by Crippen LogP contribution is -2.19. The van der Waals surface area contributed by atoms with Crippen LogP contribution in [0.1, 0.15) is 61.0 Å². The van der Waals surface area contributed by atoms with Crippen molar-refractivity contribution in [2.24, 2.45) is 5.73 Å². The fourth-order valence-electron chi connectivity index (χ4n) is 4.42. The van der Waals surface area contributed by atoms with Crippen LogP contribution in [0.25, 0.3) is 22.8 Å². The number of aromatic nitrogens is 4. The third-order valence-electron chi connectivity index (χ3n) is 6.32. The van der Waals surface area contributed by atoms with Gasteiger partial charge in [0.25, 0.3) is 0 Å². The van der Waals surface area contributed by atoms with E-state index in [0.29, 0.717) is 51.5 Å². The second kappa shape index (κ2) is 11.1. The van der Waals surface area contributed by atoms with E-state index in [1.165, 1.54) is 24.7 Å². The van der Waals surface area contributed by atoms with E-state index in [9.17, 15) is 0 Å². The van der Waals surface area contributed by atoms with E-state index in [1.54, 1.807) is 12.1 Å². The minimum Gasteiger partial charge on any atom is -0.486 e. The molecule has 10 heteroatoms. The average molecular weight is 542 g/mol. The number of fused-ring (bicyclic) bond motifs is 1. The van der Waals surface area contributed by atoms with Crippen LogP contribution < -0.4 is 10.5 Å². The highest BCUT2D eigenvalue weighted by Gasteiger charge is 2.22. The highest BCUT2D eigenvalue weighted by atomic mass is 35.5. The smallest absolute Gasteiger partial charge is 0.150 e. The van der Waals surface area contributed by atoms with Gasteiger partial charge in [0.1, 0.15) is 17.7 Å². The first-order valence-electron chi connectivity index (χ1n) is 12.1. The maximum Gasteiger partial charge on any atom is 0.150 e. The first kappa shape index (κ1) is 25.6. The van der Waals surface area contributed by atoms with Gasteiger partial charge in [-0.1, -0.05) is 23.2 Å². The molecule has 0 saturated carbocycles. The Morgan fingerprint density at radius 3 is 2.70 bits per heavy atom. The lowest BCUT2D eigenvalue weighted by atomic mass is 10.1. The molecular formula is C27H26Cl2FN5O2. The van der Waals surface area contributed by atoms with Crippen LogP contribution >= 0.6 is 23.2 Å². The predicted octanol–water partition coefficient (Wildman–Crippen LogP) is 6.90. The maximum atomic E-state index is 15.3. The number of nitrogens with zero attached hydrogens (tertiary/aromatic N) is 4. The second-order valence-electron chi connectivity index (χ2n) is 8.84. The number of benzene rings is 1. The molecule has 2 N–H and O–H groups in total. The fraction of sp³-hybridized carbons (Fsp3) is 0.296. The number of rotatable bonds is 7. The van der Waals surface area contributed by atoms with Crippen molar-refractivity contribution in [3.63, 3.8) is 0 Å². The van der Waals surface area contributed by atoms with E-state index in [1.807, 2.05) is 29.8 Å². The molecule has 1 aliphatic heterocycles. The topological polar surface area (TPSA) is 88.1 Å². The van der Waals surface area contributed by atoms with Crippen LogP contribution in [0.3, 0.4) is 0 Å². The van der Waals surface area contributed by atoms with Gasteiger partial charge in [-0.25, -0.2) is 9.07 Å². The van der Waals surface area contributed by atoms with Crippen molar-refractivity contribution in [1.29, 1.82) is 0 Å². The molecule has 1 aromatic carbocycles. The van der Waals surface area contributed by atoms with E-state index < -0.39 is 11.9 Å². The largest absolute Gasteiger partial charge is 0.486 e. The van der Waals surface area contributed by atoms with Crippen LogP contribution in [-0.2, 0) is 11.3 Å². The molecule has 7 nitrogen and oxygen atoms in total. The molecule has 192 valence electrons. The molecule has 0 amide bonds. The Bertz CT molecular complexity index is 1410. The van der Waals surface area contributed by atoms with Crippen molar-refractivity contribution in [3.05, 3.63) is 81.5 Å². The third-order valence-corrected chi connectivity index (χ3v) is 6.92. The Balaban J connectivity index is 1.54. The van der Waals surface area contributed by atoms with Gasteiger partial charge in [0.15, 0.2) is 6.23 Å². The van der Waals surface area contributed by atoms with Gasteiger partial charge < -0.3 is 15.2 Å². The van der Waals surface area contributed by atoms with Gasteiger partial charge in [-0.05, 0) is 56.5 Å². The first-order chi connectivity index (χ1) is 17.9. The predicted molar refractivity (Wildman–Crippen MR) is 143 cm³/mol. The van der Waals surface area contributed by atoms with Crippen LogP contribution in [0.15, 0.2) is 48.9 Å². The highest BCUT2D eigenvalue weighted by Crippen LogP contribution is 2.36. The van der Waals surface area contributed by atoms with Crippen LogP contribution in [0.2, 0.25) is 10.0 Å². The number of hydrogen-bond acceptors (Lipinski definition) is 6. The third kappa shape index (κ3) is 5.48. The zero-order valence-electron chi connectivity index (χ0n) is 20.2. The minimum absolute atomic E-state index is 0.216. The Morgan fingerprint density at radius 2 is 2.03 bits per heavy atom. The molecule has 4 heterocycles. The number of hydrogen-bond donors (Lipinski definition) is 1. The monoisotopic (exact) mass is 541 g/mol. The van der Waals surface area contributed by atoms with Crippen molar-refractivity contribution >= 4 is 46.0 Å². The molecule has 0 radical (unpaired) electrons. The molecule has 1 aliphatic rings. The normalized spacial score (nSPS) is 17.2. The van der Waals surface area contributed by atoms with Crippen molar-refractivity contribution < 1.29 is 13.9 Å². The van der Waals surface area contributed by atoms with E-state index in [0.717, 1.165) is 30.2 Å². The number of halogens is 3. The second-order valence-corrected chi connectivity index (χ2v) is 9.66. The first-order valence-corrected chi connectivity index (χ1v) is 12.8. The molecule has 37 heavy (non-hydrogen) atoms. The molecule has 0 spiro atoms. The standard InChI is InChI=1S/C27H26Cl2FN5O2/c1-16(27-21(28)14-32-15-22(27)29)37-19-7-8-25-20(10-19)24(34-35(25)26-4-2-3-9-36-26)11-23(30)17-5-6-18(12-31)33-13-17/h5-8,10-11,13-16,26H,2-4,9,12,31H2,1H3/b23-11-/t16-,26?/m1/s1. The van der Waals surface area contributed by atoms with Gasteiger partial charge in [0, 0.05) is 54.3 Å². The SMILES string of the molecule is C[C@@H](Oc1ccc2c(c1)c(/C=C(\F)c1ccc(CN)nc1)nn2C1CCCCO1)c1c(Cl)cncc1Cl. The lowest BCUT2D eigenvalue weighted by molar-refractivity contribution is -0.0367. The van der Waals surface area contributed by atoms with Crippen LogP contribution in [0.4, 0.5) is 4.39 Å². The van der Waals surface area contributed by atoms with Crippen LogP contribution in [0, 0.1) is 0 Å². The van der Waals surface area contributed by atoms with E-state index >= 15 is 4.39 Å². The van der Waals surface area contributed by atoms with Gasteiger partial charge >= 0.3 is 0 Å². The summed E-state index contributed by atoms with van der Waals surface area (Å²) in [5.41, 5.74) is 8.57. The highest BCUT2D eigenvalue weighted by molar-refractivity contribution is 6.35. The summed E-state index contributed by atoms with van der Waals surface area (Å²) in [6.45, 7) is 2.81. The maximum absolute atomic E-state index is 15.3. The Labute approximate surface area is 224 Å². The molecule has 3 aromatic heterocycles. The number of nitrogens with two attached hydrogens (primary N) is 1. The Hall–Kier alpha value is -3.04. The Morgan fingerprint density at radius 1 is 1.22 bits per heavy atom. The zero-order chi connectivity index (χ0) is 25.9. The summed E-state index contributed by atoms with van der Waals surface area (Å²) in [6, 6.07) is 8.96. The van der Waals surface area contributed by atoms with Gasteiger partial charge in [-0.3, -0.25) is 9.97 Å². The lowest BCUT2D eigenvalue weighted by Gasteiger charge is -2.23. The number of ether oxygens (including phenoxy) is 2. The van der Waals surface area contributed by atoms with Gasteiger partial charge in [0.2, 0.25) is 0 Å². The molecule has 1 fully saturated rings. The fourth-order valence-corrected chi connectivity index (χ4v) is 5.09. The molecular weight excluding hydrogens is 516 g/mol. The van der Waals surface area contributed by atoms with Crippen molar-refractivity contribution in [3.8, 4) is 5.75 Å².